The molecule has 1 saturated carbocycles. The number of fused-ring (bicyclic) bond motifs is 1. The molecule has 1 aromatic rings. The van der Waals surface area contributed by atoms with E-state index in [9.17, 15) is 4.79 Å². The molecular weight excluding hydrogens is 292 g/mol. The minimum atomic E-state index is 0.0434. The predicted molar refractivity (Wildman–Crippen MR) is 85.8 cm³/mol. The first kappa shape index (κ1) is 15.2. The highest BCUT2D eigenvalue weighted by Gasteiger charge is 2.42. The van der Waals surface area contributed by atoms with Gasteiger partial charge in [-0.05, 0) is 31.7 Å². The van der Waals surface area contributed by atoms with E-state index in [4.69, 9.17) is 9.15 Å². The Morgan fingerprint density at radius 3 is 2.96 bits per heavy atom. The van der Waals surface area contributed by atoms with Gasteiger partial charge in [0.05, 0.1) is 24.5 Å². The van der Waals surface area contributed by atoms with Crippen LogP contribution < -0.4 is 5.32 Å². The minimum Gasteiger partial charge on any atom is -0.472 e. The summed E-state index contributed by atoms with van der Waals surface area (Å²) in [6.07, 6.45) is 10.4. The number of nitrogens with zero attached hydrogens (tertiary/aromatic N) is 1. The Morgan fingerprint density at radius 2 is 2.17 bits per heavy atom. The summed E-state index contributed by atoms with van der Waals surface area (Å²) in [5.74, 6) is 0.268. The topological polar surface area (TPSA) is 54.7 Å². The van der Waals surface area contributed by atoms with Crippen LogP contribution in [-0.2, 0) is 16.1 Å². The average molecular weight is 318 g/mol. The van der Waals surface area contributed by atoms with Gasteiger partial charge < -0.3 is 14.5 Å². The number of hydrogen-bond acceptors (Lipinski definition) is 4. The van der Waals surface area contributed by atoms with E-state index in [1.165, 1.54) is 18.4 Å². The van der Waals surface area contributed by atoms with Gasteiger partial charge in [-0.3, -0.25) is 9.69 Å². The second-order valence-electron chi connectivity index (χ2n) is 7.25. The van der Waals surface area contributed by atoms with E-state index in [0.29, 0.717) is 12.1 Å². The molecule has 0 unspecified atom stereocenters. The maximum atomic E-state index is 12.7. The summed E-state index contributed by atoms with van der Waals surface area (Å²) >= 11 is 0. The van der Waals surface area contributed by atoms with E-state index in [0.717, 1.165) is 45.4 Å². The Kier molecular flexibility index (Phi) is 4.40. The SMILES string of the molecule is O=C(NC1CCCC1)[C@H]1C[C@H]2OCC[C@H]2N(Cc2ccoc2)C1. The molecule has 3 heterocycles. The normalized spacial score (nSPS) is 32.1. The van der Waals surface area contributed by atoms with Gasteiger partial charge in [-0.1, -0.05) is 12.8 Å². The van der Waals surface area contributed by atoms with Crippen LogP contribution in [0, 0.1) is 5.92 Å². The molecule has 1 amide bonds. The summed E-state index contributed by atoms with van der Waals surface area (Å²) < 4.78 is 11.1. The molecule has 5 nitrogen and oxygen atoms in total. The fourth-order valence-corrected chi connectivity index (χ4v) is 4.43. The average Bonchev–Trinajstić information content (AvgIpc) is 3.29. The van der Waals surface area contributed by atoms with Crippen LogP contribution in [0.3, 0.4) is 0 Å². The molecule has 126 valence electrons. The first-order valence-electron chi connectivity index (χ1n) is 8.96. The fourth-order valence-electron chi connectivity index (χ4n) is 4.43. The van der Waals surface area contributed by atoms with Gasteiger partial charge in [-0.15, -0.1) is 0 Å². The van der Waals surface area contributed by atoms with Crippen molar-refractivity contribution in [3.63, 3.8) is 0 Å². The zero-order valence-corrected chi connectivity index (χ0v) is 13.6. The van der Waals surface area contributed by atoms with Crippen molar-refractivity contribution in [3.8, 4) is 0 Å². The van der Waals surface area contributed by atoms with E-state index >= 15 is 0 Å². The predicted octanol–water partition coefficient (Wildman–Crippen LogP) is 2.32. The zero-order valence-electron chi connectivity index (χ0n) is 13.6. The molecule has 1 aromatic heterocycles. The number of furan rings is 1. The highest BCUT2D eigenvalue weighted by atomic mass is 16.5. The van der Waals surface area contributed by atoms with Gasteiger partial charge in [0.2, 0.25) is 5.91 Å². The summed E-state index contributed by atoms with van der Waals surface area (Å²) in [6, 6.07) is 2.85. The molecule has 0 aromatic carbocycles. The second kappa shape index (κ2) is 6.65. The number of amides is 1. The van der Waals surface area contributed by atoms with Crippen LogP contribution in [0.15, 0.2) is 23.0 Å². The minimum absolute atomic E-state index is 0.0434. The summed E-state index contributed by atoms with van der Waals surface area (Å²) in [4.78, 5) is 15.1. The van der Waals surface area contributed by atoms with Crippen LogP contribution in [0.2, 0.25) is 0 Å². The third-order valence-electron chi connectivity index (χ3n) is 5.65. The van der Waals surface area contributed by atoms with E-state index in [1.807, 2.05) is 6.07 Å². The van der Waals surface area contributed by atoms with Crippen molar-refractivity contribution in [2.45, 2.75) is 63.3 Å². The molecular formula is C18H26N2O3. The van der Waals surface area contributed by atoms with Crippen LogP contribution >= 0.6 is 0 Å². The van der Waals surface area contributed by atoms with Crippen LogP contribution in [-0.4, -0.2) is 42.1 Å². The lowest BCUT2D eigenvalue weighted by molar-refractivity contribution is -0.130. The molecule has 23 heavy (non-hydrogen) atoms. The Morgan fingerprint density at radius 1 is 1.30 bits per heavy atom. The van der Waals surface area contributed by atoms with E-state index in [1.54, 1.807) is 12.5 Å². The van der Waals surface area contributed by atoms with Gasteiger partial charge in [0.1, 0.15) is 0 Å². The molecule has 1 N–H and O–H groups in total. The monoisotopic (exact) mass is 318 g/mol. The lowest BCUT2D eigenvalue weighted by atomic mass is 9.89. The van der Waals surface area contributed by atoms with Crippen LogP contribution in [0.4, 0.5) is 0 Å². The lowest BCUT2D eigenvalue weighted by Gasteiger charge is -2.40. The molecule has 5 heteroatoms. The third kappa shape index (κ3) is 3.31. The van der Waals surface area contributed by atoms with Crippen LogP contribution in [0.25, 0.3) is 0 Å². The quantitative estimate of drug-likeness (QED) is 0.926. The first-order valence-corrected chi connectivity index (χ1v) is 8.96. The maximum absolute atomic E-state index is 12.7. The molecule has 3 atom stereocenters. The number of rotatable bonds is 4. The third-order valence-corrected chi connectivity index (χ3v) is 5.65. The Bertz CT molecular complexity index is 524. The smallest absolute Gasteiger partial charge is 0.224 e. The van der Waals surface area contributed by atoms with Crippen molar-refractivity contribution in [1.82, 2.24) is 10.2 Å². The van der Waals surface area contributed by atoms with E-state index < -0.39 is 0 Å². The maximum Gasteiger partial charge on any atom is 0.224 e. The number of likely N-dealkylation sites (tertiary alicyclic amines) is 1. The Balaban J connectivity index is 1.42. The van der Waals surface area contributed by atoms with E-state index in [-0.39, 0.29) is 17.9 Å². The van der Waals surface area contributed by atoms with Crippen molar-refractivity contribution < 1.29 is 13.9 Å². The van der Waals surface area contributed by atoms with Gasteiger partial charge in [-0.2, -0.15) is 0 Å². The van der Waals surface area contributed by atoms with E-state index in [2.05, 4.69) is 10.2 Å². The zero-order chi connectivity index (χ0) is 15.6. The highest BCUT2D eigenvalue weighted by molar-refractivity contribution is 5.79. The molecule has 0 spiro atoms. The Hall–Kier alpha value is -1.33. The van der Waals surface area contributed by atoms with Gasteiger partial charge in [0.15, 0.2) is 0 Å². The van der Waals surface area contributed by atoms with Gasteiger partial charge in [0.25, 0.3) is 0 Å². The van der Waals surface area contributed by atoms with Gasteiger partial charge >= 0.3 is 0 Å². The van der Waals surface area contributed by atoms with Crippen LogP contribution in [0.1, 0.15) is 44.1 Å². The standard InChI is InChI=1S/C18H26N2O3/c21-18(19-15-3-1-2-4-15)14-9-17-16(6-8-23-17)20(11-14)10-13-5-7-22-12-13/h5,7,12,14-17H,1-4,6,8-11H2,(H,19,21)/t14-,16+,17+/m0/s1. The van der Waals surface area contributed by atoms with Gasteiger partial charge in [-0.25, -0.2) is 0 Å². The first-order chi connectivity index (χ1) is 11.3. The molecule has 3 aliphatic rings. The molecule has 2 saturated heterocycles. The van der Waals surface area contributed by atoms with Crippen molar-refractivity contribution >= 4 is 5.91 Å². The number of carbonyl (C=O) groups is 1. The van der Waals surface area contributed by atoms with Crippen molar-refractivity contribution in [2.75, 3.05) is 13.2 Å². The van der Waals surface area contributed by atoms with Crippen LogP contribution in [0.5, 0.6) is 0 Å². The Labute approximate surface area is 137 Å². The summed E-state index contributed by atoms with van der Waals surface area (Å²) in [5, 5.41) is 3.27. The number of piperidine rings is 1. The second-order valence-corrected chi connectivity index (χ2v) is 7.25. The molecule has 2 aliphatic heterocycles. The molecule has 0 bridgehead atoms. The largest absolute Gasteiger partial charge is 0.472 e. The summed E-state index contributed by atoms with van der Waals surface area (Å²) in [7, 11) is 0. The molecule has 3 fully saturated rings. The number of carbonyl (C=O) groups excluding carboxylic acids is 1. The summed E-state index contributed by atoms with van der Waals surface area (Å²) in [6.45, 7) is 2.48. The van der Waals surface area contributed by atoms with Gasteiger partial charge in [0, 0.05) is 37.3 Å². The molecule has 4 rings (SSSR count). The number of nitrogens with one attached hydrogen (secondary N) is 1. The number of hydrogen-bond donors (Lipinski definition) is 1. The molecule has 1 aliphatic carbocycles. The highest BCUT2D eigenvalue weighted by Crippen LogP contribution is 2.33. The van der Waals surface area contributed by atoms with Crippen molar-refractivity contribution in [1.29, 1.82) is 0 Å². The van der Waals surface area contributed by atoms with Crippen molar-refractivity contribution in [3.05, 3.63) is 24.2 Å². The molecule has 0 radical (unpaired) electrons. The van der Waals surface area contributed by atoms with Crippen molar-refractivity contribution in [2.24, 2.45) is 5.92 Å². The fraction of sp³-hybridized carbons (Fsp3) is 0.722. The lowest BCUT2D eigenvalue weighted by Crippen LogP contribution is -2.53. The number of ether oxygens (including phenoxy) is 1. The summed E-state index contributed by atoms with van der Waals surface area (Å²) in [5.41, 5.74) is 1.17.